The Morgan fingerprint density at radius 2 is 2.00 bits per heavy atom. The average molecular weight is 342 g/mol. The van der Waals surface area contributed by atoms with Gasteiger partial charge in [0.25, 0.3) is 0 Å². The monoisotopic (exact) mass is 342 g/mol. The molecule has 0 aliphatic heterocycles. The third-order valence-corrected chi connectivity index (χ3v) is 3.91. The molecule has 2 nitrogen and oxygen atoms in total. The zero-order chi connectivity index (χ0) is 12.3. The maximum Gasteiger partial charge on any atom is 0.206 e. The first kappa shape index (κ1) is 12.6. The quantitative estimate of drug-likeness (QED) is 0.618. The minimum absolute atomic E-state index is 0.0962. The van der Waals surface area contributed by atoms with Gasteiger partial charge >= 0.3 is 0 Å². The second-order valence-corrected chi connectivity index (χ2v) is 5.20. The van der Waals surface area contributed by atoms with Gasteiger partial charge in [-0.2, -0.15) is 0 Å². The number of benzene rings is 1. The van der Waals surface area contributed by atoms with Crippen molar-refractivity contribution in [1.82, 2.24) is 0 Å². The number of para-hydroxylation sites is 1. The summed E-state index contributed by atoms with van der Waals surface area (Å²) >= 11 is 2.10. The van der Waals surface area contributed by atoms with Gasteiger partial charge in [0, 0.05) is 6.42 Å². The number of hydrogen-bond donors (Lipinski definition) is 0. The summed E-state index contributed by atoms with van der Waals surface area (Å²) in [6.45, 7) is 2.17. The van der Waals surface area contributed by atoms with E-state index in [1.807, 2.05) is 24.3 Å². The fourth-order valence-electron chi connectivity index (χ4n) is 1.86. The standard InChI is InChI=1S/C14H15IO2/c1-2-3-4-9-12-13(15)14(16)10-7-5-6-8-11(10)17-12/h5-8H,2-4,9H2,1H3. The number of hydrogen-bond acceptors (Lipinski definition) is 2. The van der Waals surface area contributed by atoms with E-state index in [0.717, 1.165) is 22.2 Å². The summed E-state index contributed by atoms with van der Waals surface area (Å²) in [5, 5.41) is 0.677. The van der Waals surface area contributed by atoms with E-state index in [9.17, 15) is 4.79 Å². The summed E-state index contributed by atoms with van der Waals surface area (Å²) in [6, 6.07) is 7.44. The lowest BCUT2D eigenvalue weighted by Crippen LogP contribution is -2.09. The molecular weight excluding hydrogens is 327 g/mol. The van der Waals surface area contributed by atoms with E-state index < -0.39 is 0 Å². The van der Waals surface area contributed by atoms with Gasteiger partial charge in [-0.15, -0.1) is 0 Å². The van der Waals surface area contributed by atoms with Gasteiger partial charge in [-0.1, -0.05) is 31.9 Å². The van der Waals surface area contributed by atoms with Crippen molar-refractivity contribution in [2.75, 3.05) is 0 Å². The zero-order valence-electron chi connectivity index (χ0n) is 9.83. The van der Waals surface area contributed by atoms with Gasteiger partial charge in [-0.05, 0) is 41.1 Å². The Bertz CT molecular complexity index is 572. The van der Waals surface area contributed by atoms with Crippen LogP contribution < -0.4 is 5.43 Å². The van der Waals surface area contributed by atoms with Crippen LogP contribution >= 0.6 is 22.6 Å². The highest BCUT2D eigenvalue weighted by molar-refractivity contribution is 14.1. The molecule has 3 heteroatoms. The van der Waals surface area contributed by atoms with Crippen molar-refractivity contribution in [2.24, 2.45) is 0 Å². The Kier molecular flexibility index (Phi) is 4.20. The molecule has 1 heterocycles. The van der Waals surface area contributed by atoms with E-state index in [0.29, 0.717) is 11.0 Å². The van der Waals surface area contributed by atoms with Crippen LogP contribution in [0.25, 0.3) is 11.0 Å². The Hall–Kier alpha value is -0.840. The number of aryl methyl sites for hydroxylation is 1. The molecule has 0 amide bonds. The van der Waals surface area contributed by atoms with Gasteiger partial charge in [-0.25, -0.2) is 0 Å². The van der Waals surface area contributed by atoms with Gasteiger partial charge < -0.3 is 4.42 Å². The lowest BCUT2D eigenvalue weighted by Gasteiger charge is -2.05. The normalized spacial score (nSPS) is 10.9. The summed E-state index contributed by atoms with van der Waals surface area (Å²) in [5.41, 5.74) is 0.795. The molecule has 1 aromatic carbocycles. The molecule has 0 N–H and O–H groups in total. The molecule has 2 rings (SSSR count). The Labute approximate surface area is 114 Å². The lowest BCUT2D eigenvalue weighted by atomic mass is 10.1. The average Bonchev–Trinajstić information content (AvgIpc) is 2.35. The second-order valence-electron chi connectivity index (χ2n) is 4.12. The molecule has 0 aliphatic carbocycles. The van der Waals surface area contributed by atoms with Crippen LogP contribution in [0.5, 0.6) is 0 Å². The maximum absolute atomic E-state index is 12.1. The largest absolute Gasteiger partial charge is 0.460 e. The first-order valence-electron chi connectivity index (χ1n) is 5.94. The molecule has 0 unspecified atom stereocenters. The maximum atomic E-state index is 12.1. The fraction of sp³-hybridized carbons (Fsp3) is 0.357. The highest BCUT2D eigenvalue weighted by Crippen LogP contribution is 2.18. The molecule has 0 bridgehead atoms. The van der Waals surface area contributed by atoms with Gasteiger partial charge in [-0.3, -0.25) is 4.79 Å². The van der Waals surface area contributed by atoms with Crippen LogP contribution in [0.15, 0.2) is 33.5 Å². The molecule has 90 valence electrons. The molecule has 2 aromatic rings. The molecule has 0 aliphatic rings. The predicted octanol–water partition coefficient (Wildman–Crippen LogP) is 4.13. The molecule has 0 atom stereocenters. The third-order valence-electron chi connectivity index (χ3n) is 2.82. The van der Waals surface area contributed by atoms with Crippen molar-refractivity contribution >= 4 is 33.6 Å². The van der Waals surface area contributed by atoms with Crippen LogP contribution in [0.2, 0.25) is 0 Å². The van der Waals surface area contributed by atoms with Gasteiger partial charge in [0.2, 0.25) is 5.43 Å². The molecule has 0 radical (unpaired) electrons. The van der Waals surface area contributed by atoms with Crippen LogP contribution in [0.1, 0.15) is 31.9 Å². The van der Waals surface area contributed by atoms with Crippen molar-refractivity contribution in [2.45, 2.75) is 32.6 Å². The third kappa shape index (κ3) is 2.70. The summed E-state index contributed by atoms with van der Waals surface area (Å²) < 4.78 is 6.55. The molecule has 17 heavy (non-hydrogen) atoms. The minimum atomic E-state index is 0.0962. The first-order valence-corrected chi connectivity index (χ1v) is 7.02. The number of rotatable bonds is 4. The molecular formula is C14H15IO2. The van der Waals surface area contributed by atoms with Crippen molar-refractivity contribution in [1.29, 1.82) is 0 Å². The van der Waals surface area contributed by atoms with Crippen molar-refractivity contribution < 1.29 is 4.42 Å². The highest BCUT2D eigenvalue weighted by atomic mass is 127. The van der Waals surface area contributed by atoms with E-state index in [2.05, 4.69) is 29.5 Å². The number of fused-ring (bicyclic) bond motifs is 1. The fourth-order valence-corrected chi connectivity index (χ4v) is 2.53. The minimum Gasteiger partial charge on any atom is -0.460 e. The van der Waals surface area contributed by atoms with E-state index in [1.54, 1.807) is 0 Å². The van der Waals surface area contributed by atoms with E-state index in [-0.39, 0.29) is 5.43 Å². The zero-order valence-corrected chi connectivity index (χ0v) is 12.0. The molecule has 1 aromatic heterocycles. The number of unbranched alkanes of at least 4 members (excludes halogenated alkanes) is 2. The van der Waals surface area contributed by atoms with E-state index in [1.165, 1.54) is 12.8 Å². The van der Waals surface area contributed by atoms with Gasteiger partial charge in [0.05, 0.1) is 8.96 Å². The Morgan fingerprint density at radius 3 is 2.76 bits per heavy atom. The van der Waals surface area contributed by atoms with Crippen LogP contribution in [-0.4, -0.2) is 0 Å². The second kappa shape index (κ2) is 5.67. The summed E-state index contributed by atoms with van der Waals surface area (Å²) in [4.78, 5) is 12.1. The smallest absolute Gasteiger partial charge is 0.206 e. The van der Waals surface area contributed by atoms with Gasteiger partial charge in [0.15, 0.2) is 0 Å². The Balaban J connectivity index is 2.43. The number of halogens is 1. The molecule has 0 fully saturated rings. The summed E-state index contributed by atoms with van der Waals surface area (Å²) in [7, 11) is 0. The highest BCUT2D eigenvalue weighted by Gasteiger charge is 2.10. The molecule has 0 saturated heterocycles. The topological polar surface area (TPSA) is 30.2 Å². The van der Waals surface area contributed by atoms with Crippen molar-refractivity contribution in [3.63, 3.8) is 0 Å². The predicted molar refractivity (Wildman–Crippen MR) is 78.4 cm³/mol. The van der Waals surface area contributed by atoms with Crippen LogP contribution in [-0.2, 0) is 6.42 Å². The Morgan fingerprint density at radius 1 is 1.24 bits per heavy atom. The summed E-state index contributed by atoms with van der Waals surface area (Å²) in [5.74, 6) is 0.836. The SMILES string of the molecule is CCCCCc1oc2ccccc2c(=O)c1I. The summed E-state index contributed by atoms with van der Waals surface area (Å²) in [6.07, 6.45) is 4.28. The first-order chi connectivity index (χ1) is 8.24. The van der Waals surface area contributed by atoms with Crippen LogP contribution in [0, 0.1) is 3.57 Å². The molecule has 0 saturated carbocycles. The van der Waals surface area contributed by atoms with Crippen LogP contribution in [0.3, 0.4) is 0 Å². The van der Waals surface area contributed by atoms with E-state index >= 15 is 0 Å². The van der Waals surface area contributed by atoms with Gasteiger partial charge in [0.1, 0.15) is 11.3 Å². The van der Waals surface area contributed by atoms with Crippen molar-refractivity contribution in [3.8, 4) is 0 Å². The van der Waals surface area contributed by atoms with Crippen molar-refractivity contribution in [3.05, 3.63) is 43.8 Å². The van der Waals surface area contributed by atoms with Crippen LogP contribution in [0.4, 0.5) is 0 Å². The molecule has 0 spiro atoms. The van der Waals surface area contributed by atoms with E-state index in [4.69, 9.17) is 4.42 Å². The lowest BCUT2D eigenvalue weighted by molar-refractivity contribution is 0.514.